The fraction of sp³-hybridized carbons (Fsp3) is 0.0625. The van der Waals surface area contributed by atoms with Crippen molar-refractivity contribution in [3.05, 3.63) is 58.4 Å². The van der Waals surface area contributed by atoms with E-state index >= 15 is 0 Å². The van der Waals surface area contributed by atoms with Crippen molar-refractivity contribution >= 4 is 28.6 Å². The summed E-state index contributed by atoms with van der Waals surface area (Å²) in [5, 5.41) is 3.77. The van der Waals surface area contributed by atoms with E-state index in [1.165, 1.54) is 0 Å². The second-order valence-corrected chi connectivity index (χ2v) is 5.91. The molecule has 2 N–H and O–H groups in total. The molecule has 3 aromatic rings. The van der Waals surface area contributed by atoms with Gasteiger partial charge in [-0.1, -0.05) is 35.9 Å². The summed E-state index contributed by atoms with van der Waals surface area (Å²) in [6.07, 6.45) is 0. The van der Waals surface area contributed by atoms with Gasteiger partial charge in [0.2, 0.25) is 0 Å². The number of nitrogens with zero attached hydrogens (tertiary/aromatic N) is 1. The third kappa shape index (κ3) is 2.55. The maximum Gasteiger partial charge on any atom is 0.124 e. The molecular formula is C16H13ClN2S. The third-order valence-electron chi connectivity index (χ3n) is 3.17. The molecule has 0 unspecified atom stereocenters. The van der Waals surface area contributed by atoms with Crippen LogP contribution in [0.2, 0.25) is 5.02 Å². The van der Waals surface area contributed by atoms with Gasteiger partial charge in [-0.25, -0.2) is 4.98 Å². The van der Waals surface area contributed by atoms with E-state index in [0.717, 1.165) is 38.1 Å². The number of hydrogen-bond donors (Lipinski definition) is 1. The van der Waals surface area contributed by atoms with Crippen LogP contribution in [0.1, 0.15) is 5.56 Å². The summed E-state index contributed by atoms with van der Waals surface area (Å²) < 4.78 is 0. The minimum atomic E-state index is 0.733. The molecule has 0 aliphatic heterocycles. The van der Waals surface area contributed by atoms with Crippen LogP contribution in [0, 0.1) is 6.92 Å². The summed E-state index contributed by atoms with van der Waals surface area (Å²) >= 11 is 7.52. The zero-order chi connectivity index (χ0) is 14.1. The summed E-state index contributed by atoms with van der Waals surface area (Å²) in [6.45, 7) is 2.00. The number of rotatable bonds is 2. The van der Waals surface area contributed by atoms with Crippen LogP contribution in [0.3, 0.4) is 0 Å². The van der Waals surface area contributed by atoms with E-state index < -0.39 is 0 Å². The molecule has 0 atom stereocenters. The lowest BCUT2D eigenvalue weighted by molar-refractivity contribution is 1.39. The van der Waals surface area contributed by atoms with E-state index in [1.807, 2.05) is 54.8 Å². The van der Waals surface area contributed by atoms with E-state index in [9.17, 15) is 0 Å². The van der Waals surface area contributed by atoms with Gasteiger partial charge in [-0.15, -0.1) is 11.3 Å². The van der Waals surface area contributed by atoms with Gasteiger partial charge in [0.25, 0.3) is 0 Å². The number of hydrogen-bond acceptors (Lipinski definition) is 3. The second kappa shape index (κ2) is 5.27. The molecule has 100 valence electrons. The maximum absolute atomic E-state index is 5.95. The molecule has 0 aliphatic carbocycles. The number of aryl methyl sites for hydroxylation is 1. The molecule has 0 fully saturated rings. The van der Waals surface area contributed by atoms with Crippen LogP contribution in [0.25, 0.3) is 21.8 Å². The molecule has 4 heteroatoms. The standard InChI is InChI=1S/C16H13ClN2S/c1-10-2-3-12(8-14(10)18)15-9-20-16(19-15)11-4-6-13(17)7-5-11/h2-9H,18H2,1H3. The van der Waals surface area contributed by atoms with Crippen molar-refractivity contribution < 1.29 is 0 Å². The normalized spacial score (nSPS) is 10.7. The molecule has 0 radical (unpaired) electrons. The molecule has 0 spiro atoms. The highest BCUT2D eigenvalue weighted by molar-refractivity contribution is 7.13. The minimum Gasteiger partial charge on any atom is -0.398 e. The molecular weight excluding hydrogens is 288 g/mol. The van der Waals surface area contributed by atoms with Crippen LogP contribution in [0.4, 0.5) is 5.69 Å². The van der Waals surface area contributed by atoms with E-state index in [4.69, 9.17) is 17.3 Å². The first-order chi connectivity index (χ1) is 9.63. The first kappa shape index (κ1) is 13.2. The summed E-state index contributed by atoms with van der Waals surface area (Å²) in [7, 11) is 0. The Kier molecular flexibility index (Phi) is 3.47. The SMILES string of the molecule is Cc1ccc(-c2csc(-c3ccc(Cl)cc3)n2)cc1N. The van der Waals surface area contributed by atoms with Crippen LogP contribution in [-0.2, 0) is 0 Å². The van der Waals surface area contributed by atoms with Gasteiger partial charge < -0.3 is 5.73 Å². The number of aromatic nitrogens is 1. The number of nitrogen functional groups attached to an aromatic ring is 1. The fourth-order valence-electron chi connectivity index (χ4n) is 1.93. The number of benzene rings is 2. The van der Waals surface area contributed by atoms with E-state index in [1.54, 1.807) is 11.3 Å². The summed E-state index contributed by atoms with van der Waals surface area (Å²) in [4.78, 5) is 4.67. The predicted molar refractivity (Wildman–Crippen MR) is 87.1 cm³/mol. The third-order valence-corrected chi connectivity index (χ3v) is 4.31. The highest BCUT2D eigenvalue weighted by Gasteiger charge is 2.07. The Morgan fingerprint density at radius 3 is 2.45 bits per heavy atom. The van der Waals surface area contributed by atoms with Gasteiger partial charge in [0.05, 0.1) is 5.69 Å². The highest BCUT2D eigenvalue weighted by Crippen LogP contribution is 2.30. The van der Waals surface area contributed by atoms with Crippen molar-refractivity contribution in [1.29, 1.82) is 0 Å². The molecule has 0 saturated heterocycles. The molecule has 0 bridgehead atoms. The van der Waals surface area contributed by atoms with Crippen molar-refractivity contribution in [2.45, 2.75) is 6.92 Å². The second-order valence-electron chi connectivity index (χ2n) is 4.62. The van der Waals surface area contributed by atoms with Gasteiger partial charge >= 0.3 is 0 Å². The average molecular weight is 301 g/mol. The topological polar surface area (TPSA) is 38.9 Å². The van der Waals surface area contributed by atoms with Gasteiger partial charge in [-0.05, 0) is 30.7 Å². The smallest absolute Gasteiger partial charge is 0.124 e. The molecule has 0 amide bonds. The summed E-state index contributed by atoms with van der Waals surface area (Å²) in [5.74, 6) is 0. The van der Waals surface area contributed by atoms with Gasteiger partial charge in [-0.2, -0.15) is 0 Å². The summed E-state index contributed by atoms with van der Waals surface area (Å²) in [5.41, 5.74) is 10.9. The lowest BCUT2D eigenvalue weighted by atomic mass is 10.1. The molecule has 0 aliphatic rings. The van der Waals surface area contributed by atoms with Gasteiger partial charge in [0.15, 0.2) is 0 Å². The number of thiazole rings is 1. The molecule has 0 saturated carbocycles. The zero-order valence-electron chi connectivity index (χ0n) is 10.9. The molecule has 20 heavy (non-hydrogen) atoms. The molecule has 3 rings (SSSR count). The monoisotopic (exact) mass is 300 g/mol. The Morgan fingerprint density at radius 2 is 1.75 bits per heavy atom. The molecule has 1 aromatic heterocycles. The maximum atomic E-state index is 5.95. The van der Waals surface area contributed by atoms with Gasteiger partial charge in [0.1, 0.15) is 5.01 Å². The molecule has 2 aromatic carbocycles. The van der Waals surface area contributed by atoms with Crippen molar-refractivity contribution in [3.8, 4) is 21.8 Å². The van der Waals surface area contributed by atoms with Crippen LogP contribution < -0.4 is 5.73 Å². The molecule has 1 heterocycles. The predicted octanol–water partition coefficient (Wildman–Crippen LogP) is 5.02. The van der Waals surface area contributed by atoms with E-state index in [2.05, 4.69) is 4.98 Å². The first-order valence-corrected chi connectivity index (χ1v) is 7.47. The Balaban J connectivity index is 1.97. The van der Waals surface area contributed by atoms with Crippen molar-refractivity contribution in [3.63, 3.8) is 0 Å². The summed E-state index contributed by atoms with van der Waals surface area (Å²) in [6, 6.07) is 13.8. The Morgan fingerprint density at radius 1 is 1.05 bits per heavy atom. The Bertz CT molecular complexity index is 747. The lowest BCUT2D eigenvalue weighted by Gasteiger charge is -2.02. The van der Waals surface area contributed by atoms with Crippen molar-refractivity contribution in [1.82, 2.24) is 4.98 Å². The van der Waals surface area contributed by atoms with Gasteiger partial charge in [0, 0.05) is 27.2 Å². The Hall–Kier alpha value is -1.84. The quantitative estimate of drug-likeness (QED) is 0.675. The van der Waals surface area contributed by atoms with Crippen LogP contribution in [0.5, 0.6) is 0 Å². The zero-order valence-corrected chi connectivity index (χ0v) is 12.5. The van der Waals surface area contributed by atoms with E-state index in [-0.39, 0.29) is 0 Å². The molecule has 2 nitrogen and oxygen atoms in total. The minimum absolute atomic E-state index is 0.733. The van der Waals surface area contributed by atoms with Gasteiger partial charge in [-0.3, -0.25) is 0 Å². The van der Waals surface area contributed by atoms with Crippen molar-refractivity contribution in [2.24, 2.45) is 0 Å². The number of nitrogens with two attached hydrogens (primary N) is 1. The largest absolute Gasteiger partial charge is 0.398 e. The first-order valence-electron chi connectivity index (χ1n) is 6.21. The number of anilines is 1. The van der Waals surface area contributed by atoms with Crippen LogP contribution in [0.15, 0.2) is 47.8 Å². The highest BCUT2D eigenvalue weighted by atomic mass is 35.5. The fourth-order valence-corrected chi connectivity index (χ4v) is 2.89. The van der Waals surface area contributed by atoms with Crippen LogP contribution in [-0.4, -0.2) is 4.98 Å². The Labute approximate surface area is 126 Å². The van der Waals surface area contributed by atoms with E-state index in [0.29, 0.717) is 0 Å². The van der Waals surface area contributed by atoms with Crippen molar-refractivity contribution in [2.75, 3.05) is 5.73 Å². The van der Waals surface area contributed by atoms with Crippen LogP contribution >= 0.6 is 22.9 Å². The number of halogens is 1. The average Bonchev–Trinajstić information content (AvgIpc) is 2.92. The lowest BCUT2D eigenvalue weighted by Crippen LogP contribution is -1.90.